The number of amides is 1. The van der Waals surface area contributed by atoms with Gasteiger partial charge < -0.3 is 0 Å². The second-order valence-corrected chi connectivity index (χ2v) is 8.57. The fourth-order valence-corrected chi connectivity index (χ4v) is 3.88. The van der Waals surface area contributed by atoms with Gasteiger partial charge in [0.05, 0.1) is 15.6 Å². The number of hydrogen-bond donors (Lipinski definition) is 1. The summed E-state index contributed by atoms with van der Waals surface area (Å²) in [6.07, 6.45) is -5.09. The maximum atomic E-state index is 13.7. The van der Waals surface area contributed by atoms with E-state index >= 15 is 0 Å². The molecule has 30 heavy (non-hydrogen) atoms. The third kappa shape index (κ3) is 4.42. The number of benzene rings is 2. The first kappa shape index (κ1) is 22.1. The standard InChI is InChI=1S/C17H11Cl2F3N4O3S/c1-9-2-7-13(12(19)8-9)26-15(17(20,21)22)14(23-25-26)16(27)24-30(28,29)11-5-3-10(18)4-6-11/h2-8H,1H3,(H,24,27). The maximum absolute atomic E-state index is 13.7. The van der Waals surface area contributed by atoms with Crippen molar-refractivity contribution in [2.45, 2.75) is 18.0 Å². The van der Waals surface area contributed by atoms with Crippen molar-refractivity contribution < 1.29 is 26.4 Å². The number of sulfonamides is 1. The van der Waals surface area contributed by atoms with Gasteiger partial charge in [-0.05, 0) is 48.9 Å². The van der Waals surface area contributed by atoms with Gasteiger partial charge in [0, 0.05) is 5.02 Å². The molecular formula is C17H11Cl2F3N4O3S. The molecule has 13 heteroatoms. The minimum Gasteiger partial charge on any atom is -0.266 e. The summed E-state index contributed by atoms with van der Waals surface area (Å²) in [7, 11) is -4.48. The zero-order valence-electron chi connectivity index (χ0n) is 14.9. The van der Waals surface area contributed by atoms with E-state index in [0.717, 1.165) is 12.1 Å². The second kappa shape index (κ2) is 7.89. The number of rotatable bonds is 4. The molecule has 0 aliphatic heterocycles. The number of carbonyl (C=O) groups excluding carboxylic acids is 1. The molecule has 0 saturated heterocycles. The van der Waals surface area contributed by atoms with E-state index in [1.165, 1.54) is 30.3 Å². The molecule has 158 valence electrons. The Balaban J connectivity index is 2.05. The van der Waals surface area contributed by atoms with E-state index in [9.17, 15) is 26.4 Å². The van der Waals surface area contributed by atoms with Crippen LogP contribution in [0.4, 0.5) is 13.2 Å². The summed E-state index contributed by atoms with van der Waals surface area (Å²) in [6, 6.07) is 8.84. The van der Waals surface area contributed by atoms with Gasteiger partial charge in [0.1, 0.15) is 0 Å². The van der Waals surface area contributed by atoms with Crippen molar-refractivity contribution in [3.8, 4) is 5.69 Å². The molecule has 0 atom stereocenters. The Hall–Kier alpha value is -2.63. The van der Waals surface area contributed by atoms with Gasteiger partial charge in [0.15, 0.2) is 11.4 Å². The molecule has 7 nitrogen and oxygen atoms in total. The molecule has 0 aliphatic rings. The normalized spacial score (nSPS) is 12.1. The van der Waals surface area contributed by atoms with Crippen molar-refractivity contribution in [1.29, 1.82) is 0 Å². The van der Waals surface area contributed by atoms with Gasteiger partial charge >= 0.3 is 6.18 Å². The monoisotopic (exact) mass is 478 g/mol. The topological polar surface area (TPSA) is 93.9 Å². The molecule has 1 aromatic heterocycles. The van der Waals surface area contributed by atoms with Crippen LogP contribution in [0.25, 0.3) is 5.69 Å². The largest absolute Gasteiger partial charge is 0.435 e. The molecule has 0 fully saturated rings. The predicted molar refractivity (Wildman–Crippen MR) is 102 cm³/mol. The summed E-state index contributed by atoms with van der Waals surface area (Å²) in [5.41, 5.74) is -2.29. The summed E-state index contributed by atoms with van der Waals surface area (Å²) >= 11 is 11.7. The first-order valence-electron chi connectivity index (χ1n) is 8.02. The average Bonchev–Trinajstić information content (AvgIpc) is 3.07. The molecule has 1 amide bonds. The molecule has 1 N–H and O–H groups in total. The van der Waals surface area contributed by atoms with Crippen molar-refractivity contribution in [1.82, 2.24) is 19.7 Å². The Kier molecular flexibility index (Phi) is 5.81. The SMILES string of the molecule is Cc1ccc(-n2nnc(C(=O)NS(=O)(=O)c3ccc(Cl)cc3)c2C(F)(F)F)c(Cl)c1. The lowest BCUT2D eigenvalue weighted by Gasteiger charge is -2.12. The Bertz CT molecular complexity index is 1230. The highest BCUT2D eigenvalue weighted by molar-refractivity contribution is 7.90. The number of alkyl halides is 3. The van der Waals surface area contributed by atoms with E-state index in [-0.39, 0.29) is 20.6 Å². The molecule has 0 saturated carbocycles. The lowest BCUT2D eigenvalue weighted by molar-refractivity contribution is -0.143. The van der Waals surface area contributed by atoms with Crippen LogP contribution in [-0.2, 0) is 16.2 Å². The Morgan fingerprint density at radius 2 is 1.73 bits per heavy atom. The highest BCUT2D eigenvalue weighted by Crippen LogP contribution is 2.34. The molecule has 3 aromatic rings. The van der Waals surface area contributed by atoms with E-state index < -0.39 is 33.5 Å². The van der Waals surface area contributed by atoms with Crippen LogP contribution in [0.2, 0.25) is 10.0 Å². The third-order valence-corrected chi connectivity index (χ3v) is 5.74. The molecule has 0 unspecified atom stereocenters. The van der Waals surface area contributed by atoms with Crippen LogP contribution in [-0.4, -0.2) is 29.3 Å². The molecule has 3 rings (SSSR count). The van der Waals surface area contributed by atoms with Crippen LogP contribution in [0.3, 0.4) is 0 Å². The summed E-state index contributed by atoms with van der Waals surface area (Å²) in [5.74, 6) is -1.60. The zero-order chi connectivity index (χ0) is 22.3. The number of halogens is 5. The summed E-state index contributed by atoms with van der Waals surface area (Å²) < 4.78 is 67.7. The summed E-state index contributed by atoms with van der Waals surface area (Å²) in [6.45, 7) is 1.68. The number of nitrogens with zero attached hydrogens (tertiary/aromatic N) is 3. The molecule has 0 bridgehead atoms. The highest BCUT2D eigenvalue weighted by atomic mass is 35.5. The predicted octanol–water partition coefficient (Wildman–Crippen LogP) is 4.02. The molecule has 0 aliphatic carbocycles. The Labute approximate surface area is 178 Å². The van der Waals surface area contributed by atoms with Gasteiger partial charge in [-0.25, -0.2) is 17.8 Å². The van der Waals surface area contributed by atoms with E-state index in [4.69, 9.17) is 23.2 Å². The first-order valence-corrected chi connectivity index (χ1v) is 10.3. The number of carbonyl (C=O) groups is 1. The van der Waals surface area contributed by atoms with E-state index in [2.05, 4.69) is 10.3 Å². The van der Waals surface area contributed by atoms with E-state index in [0.29, 0.717) is 10.2 Å². The summed E-state index contributed by atoms with van der Waals surface area (Å²) in [4.78, 5) is 12.0. The lowest BCUT2D eigenvalue weighted by Crippen LogP contribution is -2.32. The highest BCUT2D eigenvalue weighted by Gasteiger charge is 2.43. The third-order valence-electron chi connectivity index (χ3n) is 3.84. The fourth-order valence-electron chi connectivity index (χ4n) is 2.48. The minimum absolute atomic E-state index is 0.0638. The van der Waals surface area contributed by atoms with Crippen LogP contribution >= 0.6 is 23.2 Å². The number of aromatic nitrogens is 3. The quantitative estimate of drug-likeness (QED) is 0.610. The van der Waals surface area contributed by atoms with Gasteiger partial charge in [-0.15, -0.1) is 5.10 Å². The van der Waals surface area contributed by atoms with Crippen LogP contribution in [0.15, 0.2) is 47.4 Å². The molecular weight excluding hydrogens is 468 g/mol. The minimum atomic E-state index is -5.09. The first-order chi connectivity index (χ1) is 13.9. The maximum Gasteiger partial charge on any atom is 0.435 e. The van der Waals surface area contributed by atoms with Crippen molar-refractivity contribution in [2.24, 2.45) is 0 Å². The van der Waals surface area contributed by atoms with Crippen molar-refractivity contribution in [3.63, 3.8) is 0 Å². The van der Waals surface area contributed by atoms with Gasteiger partial charge in [-0.3, -0.25) is 4.79 Å². The molecule has 2 aromatic carbocycles. The van der Waals surface area contributed by atoms with Gasteiger partial charge in [0.25, 0.3) is 15.9 Å². The van der Waals surface area contributed by atoms with Gasteiger partial charge in [0.2, 0.25) is 0 Å². The van der Waals surface area contributed by atoms with Crippen LogP contribution in [0.5, 0.6) is 0 Å². The van der Waals surface area contributed by atoms with Crippen molar-refractivity contribution >= 4 is 39.1 Å². The Morgan fingerprint density at radius 3 is 2.30 bits per heavy atom. The van der Waals surface area contributed by atoms with Crippen LogP contribution in [0, 0.1) is 6.92 Å². The van der Waals surface area contributed by atoms with Crippen molar-refractivity contribution in [2.75, 3.05) is 0 Å². The molecule has 0 spiro atoms. The second-order valence-electron chi connectivity index (χ2n) is 6.04. The lowest BCUT2D eigenvalue weighted by atomic mass is 10.2. The molecule has 0 radical (unpaired) electrons. The van der Waals surface area contributed by atoms with Crippen molar-refractivity contribution in [3.05, 3.63) is 69.5 Å². The Morgan fingerprint density at radius 1 is 1.10 bits per heavy atom. The van der Waals surface area contributed by atoms with Gasteiger partial charge in [-0.1, -0.05) is 34.5 Å². The number of aryl methyl sites for hydroxylation is 1. The summed E-state index contributed by atoms with van der Waals surface area (Å²) in [5, 5.41) is 6.79. The van der Waals surface area contributed by atoms with Crippen LogP contribution < -0.4 is 4.72 Å². The van der Waals surface area contributed by atoms with E-state index in [1.54, 1.807) is 11.6 Å². The zero-order valence-corrected chi connectivity index (χ0v) is 17.2. The van der Waals surface area contributed by atoms with Crippen LogP contribution in [0.1, 0.15) is 21.7 Å². The fraction of sp³-hybridized carbons (Fsp3) is 0.118. The number of nitrogens with one attached hydrogen (secondary N) is 1. The van der Waals surface area contributed by atoms with Gasteiger partial charge in [-0.2, -0.15) is 13.2 Å². The smallest absolute Gasteiger partial charge is 0.266 e. The number of hydrogen-bond acceptors (Lipinski definition) is 5. The van der Waals surface area contributed by atoms with E-state index in [1.807, 2.05) is 0 Å². The average molecular weight is 479 g/mol. The molecule has 1 heterocycles.